The predicted molar refractivity (Wildman–Crippen MR) is 163 cm³/mol. The summed E-state index contributed by atoms with van der Waals surface area (Å²) in [6.45, 7) is 3.61. The summed E-state index contributed by atoms with van der Waals surface area (Å²) in [5, 5.41) is 3.67. The van der Waals surface area contributed by atoms with Crippen LogP contribution >= 0.6 is 11.6 Å². The summed E-state index contributed by atoms with van der Waals surface area (Å²) < 4.78 is 8.08. The number of pyridine rings is 1. The molecular weight excluding hydrogens is 504 g/mol. The number of benzene rings is 2. The molecule has 0 fully saturated rings. The number of aromatic nitrogens is 1. The lowest BCUT2D eigenvalue weighted by Crippen LogP contribution is -2.33. The van der Waals surface area contributed by atoms with Crippen LogP contribution in [0.2, 0.25) is 5.02 Å². The number of carbonyl (C=O) groups excluding carboxylic acids is 1. The Kier molecular flexibility index (Phi) is 14.5. The van der Waals surface area contributed by atoms with Gasteiger partial charge in [-0.15, -0.1) is 0 Å². The Bertz CT molecular complexity index is 1100. The number of para-hydroxylation sites is 1. The third-order valence-corrected chi connectivity index (χ3v) is 7.35. The monoisotopic (exact) mass is 549 g/mol. The highest BCUT2D eigenvalue weighted by Gasteiger charge is 2.12. The van der Waals surface area contributed by atoms with E-state index in [0.29, 0.717) is 23.9 Å². The third kappa shape index (κ3) is 12.3. The van der Waals surface area contributed by atoms with Gasteiger partial charge in [-0.25, -0.2) is 4.57 Å². The Hall–Kier alpha value is -2.85. The summed E-state index contributed by atoms with van der Waals surface area (Å²) >= 11 is 6.38. The minimum absolute atomic E-state index is 0.0604. The molecule has 1 aromatic heterocycles. The fraction of sp³-hybridized carbons (Fsp3) is 0.471. The molecule has 0 saturated carbocycles. The van der Waals surface area contributed by atoms with Crippen LogP contribution in [0.25, 0.3) is 0 Å². The average Bonchev–Trinajstić information content (AvgIpc) is 2.94. The zero-order valence-electron chi connectivity index (χ0n) is 23.7. The molecule has 0 aliphatic rings. The fourth-order valence-corrected chi connectivity index (χ4v) is 4.96. The van der Waals surface area contributed by atoms with Crippen molar-refractivity contribution in [1.29, 1.82) is 0 Å². The van der Waals surface area contributed by atoms with Crippen molar-refractivity contribution in [3.8, 4) is 5.75 Å². The van der Waals surface area contributed by atoms with Crippen LogP contribution in [0.4, 0.5) is 5.69 Å². The number of nitrogens with zero attached hydrogens (tertiary/aromatic N) is 1. The van der Waals surface area contributed by atoms with Gasteiger partial charge in [0, 0.05) is 17.7 Å². The molecule has 3 aromatic rings. The molecule has 0 aliphatic carbocycles. The van der Waals surface area contributed by atoms with Crippen LogP contribution in [-0.2, 0) is 17.8 Å². The van der Waals surface area contributed by atoms with Gasteiger partial charge in [-0.1, -0.05) is 119 Å². The molecule has 1 amide bonds. The summed E-state index contributed by atoms with van der Waals surface area (Å²) in [4.78, 5) is 12.9. The Balaban J connectivity index is 1.36. The molecule has 1 heterocycles. The van der Waals surface area contributed by atoms with Crippen molar-refractivity contribution >= 4 is 23.2 Å². The smallest absolute Gasteiger partial charge is 0.228 e. The highest BCUT2D eigenvalue weighted by molar-refractivity contribution is 6.32. The van der Waals surface area contributed by atoms with Crippen LogP contribution in [-0.4, -0.2) is 12.5 Å². The first-order valence-electron chi connectivity index (χ1n) is 14.9. The Labute approximate surface area is 240 Å². The lowest BCUT2D eigenvalue weighted by atomic mass is 10.1. The van der Waals surface area contributed by atoms with Crippen molar-refractivity contribution in [3.63, 3.8) is 0 Å². The molecule has 3 rings (SSSR count). The highest BCUT2D eigenvalue weighted by atomic mass is 35.5. The van der Waals surface area contributed by atoms with Gasteiger partial charge in [0.1, 0.15) is 5.75 Å². The first-order chi connectivity index (χ1) is 19.2. The Morgan fingerprint density at radius 2 is 1.44 bits per heavy atom. The topological polar surface area (TPSA) is 42.2 Å². The van der Waals surface area contributed by atoms with Crippen LogP contribution < -0.4 is 14.6 Å². The van der Waals surface area contributed by atoms with Crippen molar-refractivity contribution in [1.82, 2.24) is 0 Å². The van der Waals surface area contributed by atoms with Gasteiger partial charge < -0.3 is 10.1 Å². The number of halogens is 1. The minimum atomic E-state index is -0.0604. The average molecular weight is 550 g/mol. The summed E-state index contributed by atoms with van der Waals surface area (Å²) in [6, 6.07) is 19.5. The molecule has 0 bridgehead atoms. The summed E-state index contributed by atoms with van der Waals surface area (Å²) in [5.74, 6) is 0.598. The fourth-order valence-electron chi connectivity index (χ4n) is 4.79. The van der Waals surface area contributed by atoms with Crippen molar-refractivity contribution in [3.05, 3.63) is 89.2 Å². The van der Waals surface area contributed by atoms with E-state index < -0.39 is 0 Å². The molecule has 39 heavy (non-hydrogen) atoms. The lowest BCUT2D eigenvalue weighted by molar-refractivity contribution is -0.688. The second-order valence-corrected chi connectivity index (χ2v) is 10.8. The maximum absolute atomic E-state index is 12.9. The lowest BCUT2D eigenvalue weighted by Gasteiger charge is -2.12. The van der Waals surface area contributed by atoms with Crippen LogP contribution in [0.5, 0.6) is 5.75 Å². The number of ether oxygens (including phenoxy) is 1. The second kappa shape index (κ2) is 18.4. The molecule has 0 radical (unpaired) electrons. The molecule has 0 saturated heterocycles. The molecule has 5 heteroatoms. The zero-order chi connectivity index (χ0) is 27.5. The van der Waals surface area contributed by atoms with E-state index in [-0.39, 0.29) is 12.3 Å². The number of unbranched alkanes of at least 4 members (excludes halogenated alkanes) is 11. The number of nitrogens with one attached hydrogen (secondary N) is 1. The number of hydrogen-bond acceptors (Lipinski definition) is 2. The van der Waals surface area contributed by atoms with Gasteiger partial charge in [-0.2, -0.15) is 0 Å². The zero-order valence-corrected chi connectivity index (χ0v) is 24.4. The SMILES string of the molecule is CCCCCCCCCCCCCCOc1cc(CC(=O)Nc2ccccc2C[n+]2ccccc2)ccc1Cl. The number of rotatable bonds is 19. The highest BCUT2D eigenvalue weighted by Crippen LogP contribution is 2.26. The molecule has 1 N–H and O–H groups in total. The molecule has 0 atom stereocenters. The van der Waals surface area contributed by atoms with Gasteiger partial charge in [0.25, 0.3) is 0 Å². The standard InChI is InChI=1S/C34H45ClN2O2/c1-2-3-4-5-6-7-8-9-10-11-12-18-25-39-33-26-29(21-22-31(33)35)27-34(38)36-32-20-15-14-19-30(32)28-37-23-16-13-17-24-37/h13-17,19-24,26H,2-12,18,25,27-28H2,1H3/p+1. The summed E-state index contributed by atoms with van der Waals surface area (Å²) in [6.07, 6.45) is 20.1. The van der Waals surface area contributed by atoms with Crippen LogP contribution in [0.3, 0.4) is 0 Å². The number of hydrogen-bond donors (Lipinski definition) is 1. The summed E-state index contributed by atoms with van der Waals surface area (Å²) in [5.41, 5.74) is 2.78. The van der Waals surface area contributed by atoms with Crippen LogP contribution in [0, 0.1) is 0 Å². The van der Waals surface area contributed by atoms with E-state index in [4.69, 9.17) is 16.3 Å². The normalized spacial score (nSPS) is 10.9. The van der Waals surface area contributed by atoms with E-state index in [9.17, 15) is 4.79 Å². The van der Waals surface area contributed by atoms with Crippen LogP contribution in [0.15, 0.2) is 73.1 Å². The molecule has 0 unspecified atom stereocenters. The molecule has 4 nitrogen and oxygen atoms in total. The molecule has 2 aromatic carbocycles. The van der Waals surface area contributed by atoms with Crippen molar-refractivity contribution in [2.45, 2.75) is 96.9 Å². The third-order valence-electron chi connectivity index (χ3n) is 7.04. The van der Waals surface area contributed by atoms with Gasteiger partial charge in [-0.05, 0) is 30.2 Å². The molecule has 0 aliphatic heterocycles. The van der Waals surface area contributed by atoms with Gasteiger partial charge in [0.15, 0.2) is 18.9 Å². The summed E-state index contributed by atoms with van der Waals surface area (Å²) in [7, 11) is 0. The van der Waals surface area contributed by atoms with E-state index in [0.717, 1.165) is 23.2 Å². The van der Waals surface area contributed by atoms with Gasteiger partial charge in [0.2, 0.25) is 5.91 Å². The first-order valence-corrected chi connectivity index (χ1v) is 15.3. The van der Waals surface area contributed by atoms with Gasteiger partial charge in [-0.3, -0.25) is 4.79 Å². The van der Waals surface area contributed by atoms with Crippen molar-refractivity contribution < 1.29 is 14.1 Å². The van der Waals surface area contributed by atoms with Crippen molar-refractivity contribution in [2.75, 3.05) is 11.9 Å². The van der Waals surface area contributed by atoms with E-state index >= 15 is 0 Å². The number of amides is 1. The number of anilines is 1. The van der Waals surface area contributed by atoms with E-state index in [1.807, 2.05) is 73.1 Å². The Morgan fingerprint density at radius 1 is 0.795 bits per heavy atom. The molecule has 210 valence electrons. The molecular formula is C34H46ClN2O2+. The first kappa shape index (κ1) is 30.7. The van der Waals surface area contributed by atoms with Gasteiger partial charge in [0.05, 0.1) is 23.7 Å². The quantitative estimate of drug-likeness (QED) is 0.120. The maximum Gasteiger partial charge on any atom is 0.228 e. The number of carbonyl (C=O) groups is 1. The van der Waals surface area contributed by atoms with E-state index in [1.54, 1.807) is 0 Å². The minimum Gasteiger partial charge on any atom is -0.492 e. The molecule has 0 spiro atoms. The van der Waals surface area contributed by atoms with Crippen molar-refractivity contribution in [2.24, 2.45) is 0 Å². The van der Waals surface area contributed by atoms with Gasteiger partial charge >= 0.3 is 0 Å². The van der Waals surface area contributed by atoms with E-state index in [1.165, 1.54) is 70.6 Å². The second-order valence-electron chi connectivity index (χ2n) is 10.4. The Morgan fingerprint density at radius 3 is 2.13 bits per heavy atom. The van der Waals surface area contributed by atoms with Crippen LogP contribution in [0.1, 0.15) is 95.1 Å². The predicted octanol–water partition coefficient (Wildman–Crippen LogP) is 8.94. The largest absolute Gasteiger partial charge is 0.492 e. The van der Waals surface area contributed by atoms with E-state index in [2.05, 4.69) is 16.8 Å². The maximum atomic E-state index is 12.9.